The van der Waals surface area contributed by atoms with Crippen LogP contribution >= 0.6 is 11.6 Å². The summed E-state index contributed by atoms with van der Waals surface area (Å²) in [6, 6.07) is 7.61. The number of methoxy groups -OCH3 is 1. The Morgan fingerprint density at radius 1 is 1.50 bits per heavy atom. The van der Waals surface area contributed by atoms with Crippen LogP contribution in [0, 0.1) is 11.3 Å². The zero-order valence-electron chi connectivity index (χ0n) is 13.1. The van der Waals surface area contributed by atoms with Crippen LogP contribution in [0.2, 0.25) is 5.02 Å². The highest BCUT2D eigenvalue weighted by molar-refractivity contribution is 6.32. The van der Waals surface area contributed by atoms with Crippen LogP contribution in [-0.4, -0.2) is 41.2 Å². The van der Waals surface area contributed by atoms with Crippen LogP contribution in [0.15, 0.2) is 24.4 Å². The van der Waals surface area contributed by atoms with Gasteiger partial charge in [-0.1, -0.05) is 16.8 Å². The van der Waals surface area contributed by atoms with Gasteiger partial charge in [-0.2, -0.15) is 5.26 Å². The first-order chi connectivity index (χ1) is 11.6. The number of rotatable bonds is 3. The molecule has 1 aromatic carbocycles. The van der Waals surface area contributed by atoms with Crippen molar-refractivity contribution in [2.24, 2.45) is 0 Å². The average Bonchev–Trinajstić information content (AvgIpc) is 3.11. The van der Waals surface area contributed by atoms with E-state index in [1.807, 2.05) is 12.1 Å². The average molecular weight is 346 g/mol. The second kappa shape index (κ2) is 6.89. The molecule has 1 aliphatic heterocycles. The molecule has 1 atom stereocenters. The van der Waals surface area contributed by atoms with Crippen molar-refractivity contribution < 1.29 is 9.53 Å². The predicted octanol–water partition coefficient (Wildman–Crippen LogP) is 2.43. The third kappa shape index (κ3) is 3.19. The van der Waals surface area contributed by atoms with E-state index in [-0.39, 0.29) is 11.7 Å². The Kier molecular flexibility index (Phi) is 4.67. The number of piperidine rings is 1. The monoisotopic (exact) mass is 345 g/mol. The number of ether oxygens (including phenoxy) is 1. The van der Waals surface area contributed by atoms with Crippen molar-refractivity contribution in [3.05, 3.63) is 40.7 Å². The summed E-state index contributed by atoms with van der Waals surface area (Å²) in [6.45, 7) is 1.63. The number of esters is 1. The molecule has 0 aliphatic carbocycles. The summed E-state index contributed by atoms with van der Waals surface area (Å²) < 4.78 is 6.37. The lowest BCUT2D eigenvalue weighted by molar-refractivity contribution is 0.0594. The molecule has 0 bridgehead atoms. The smallest absolute Gasteiger partial charge is 0.360 e. The van der Waals surface area contributed by atoms with Crippen LogP contribution in [0.4, 0.5) is 5.69 Å². The molecule has 7 nitrogen and oxygen atoms in total. The van der Waals surface area contributed by atoms with Crippen LogP contribution in [0.1, 0.15) is 34.9 Å². The van der Waals surface area contributed by atoms with Crippen molar-refractivity contribution in [2.45, 2.75) is 18.9 Å². The number of nitrogens with zero attached hydrogens (tertiary/aromatic N) is 5. The molecule has 1 fully saturated rings. The molecule has 1 aliphatic rings. The molecule has 2 aromatic rings. The molecule has 0 spiro atoms. The van der Waals surface area contributed by atoms with E-state index in [0.29, 0.717) is 10.6 Å². The van der Waals surface area contributed by atoms with Gasteiger partial charge in [-0.05, 0) is 31.0 Å². The summed E-state index contributed by atoms with van der Waals surface area (Å²) >= 11 is 6.13. The lowest BCUT2D eigenvalue weighted by atomic mass is 10.0. The van der Waals surface area contributed by atoms with Crippen molar-refractivity contribution in [2.75, 3.05) is 25.1 Å². The van der Waals surface area contributed by atoms with E-state index in [1.54, 1.807) is 16.9 Å². The minimum Gasteiger partial charge on any atom is -0.464 e. The Bertz CT molecular complexity index is 798. The van der Waals surface area contributed by atoms with Crippen molar-refractivity contribution in [3.8, 4) is 6.07 Å². The number of aromatic nitrogens is 3. The van der Waals surface area contributed by atoms with Crippen LogP contribution < -0.4 is 4.90 Å². The Morgan fingerprint density at radius 2 is 2.33 bits per heavy atom. The van der Waals surface area contributed by atoms with E-state index < -0.39 is 5.97 Å². The molecule has 1 aromatic heterocycles. The summed E-state index contributed by atoms with van der Waals surface area (Å²) in [5.74, 6) is -0.493. The SMILES string of the molecule is COC(=O)c1cn(C2CCCN(c3ccc(C#N)c(Cl)c3)C2)nn1. The molecule has 1 saturated heterocycles. The van der Waals surface area contributed by atoms with E-state index in [4.69, 9.17) is 16.9 Å². The lowest BCUT2D eigenvalue weighted by Crippen LogP contribution is -2.36. The number of anilines is 1. The third-order valence-corrected chi connectivity index (χ3v) is 4.43. The van der Waals surface area contributed by atoms with Crippen molar-refractivity contribution in [1.82, 2.24) is 15.0 Å². The first-order valence-corrected chi connectivity index (χ1v) is 7.95. The van der Waals surface area contributed by atoms with Gasteiger partial charge in [0.1, 0.15) is 6.07 Å². The van der Waals surface area contributed by atoms with E-state index in [0.717, 1.165) is 31.6 Å². The molecule has 124 valence electrons. The molecule has 0 saturated carbocycles. The van der Waals surface area contributed by atoms with Gasteiger partial charge in [-0.25, -0.2) is 9.48 Å². The first kappa shape index (κ1) is 16.3. The van der Waals surface area contributed by atoms with Gasteiger partial charge in [0.2, 0.25) is 0 Å². The molecule has 24 heavy (non-hydrogen) atoms. The van der Waals surface area contributed by atoms with E-state index >= 15 is 0 Å². The second-order valence-electron chi connectivity index (χ2n) is 5.59. The number of carbonyl (C=O) groups excluding carboxylic acids is 1. The van der Waals surface area contributed by atoms with Gasteiger partial charge in [0.25, 0.3) is 0 Å². The van der Waals surface area contributed by atoms with E-state index in [9.17, 15) is 4.79 Å². The van der Waals surface area contributed by atoms with Crippen LogP contribution in [0.5, 0.6) is 0 Å². The zero-order chi connectivity index (χ0) is 17.1. The largest absolute Gasteiger partial charge is 0.464 e. The fourth-order valence-corrected chi connectivity index (χ4v) is 3.07. The fourth-order valence-electron chi connectivity index (χ4n) is 2.85. The third-order valence-electron chi connectivity index (χ3n) is 4.11. The summed E-state index contributed by atoms with van der Waals surface area (Å²) in [6.07, 6.45) is 3.55. The van der Waals surface area contributed by atoms with Crippen molar-refractivity contribution >= 4 is 23.3 Å². The maximum absolute atomic E-state index is 11.5. The molecule has 0 radical (unpaired) electrons. The molecule has 3 rings (SSSR count). The predicted molar refractivity (Wildman–Crippen MR) is 88.0 cm³/mol. The summed E-state index contributed by atoms with van der Waals surface area (Å²) in [4.78, 5) is 13.7. The minimum absolute atomic E-state index is 0.110. The van der Waals surface area contributed by atoms with Crippen LogP contribution in [-0.2, 0) is 4.74 Å². The summed E-state index contributed by atoms with van der Waals surface area (Å²) in [5, 5.41) is 17.3. The van der Waals surface area contributed by atoms with Gasteiger partial charge in [0, 0.05) is 18.8 Å². The molecular weight excluding hydrogens is 330 g/mol. The number of halogens is 1. The van der Waals surface area contributed by atoms with Crippen LogP contribution in [0.25, 0.3) is 0 Å². The lowest BCUT2D eigenvalue weighted by Gasteiger charge is -2.34. The topological polar surface area (TPSA) is 84.0 Å². The van der Waals surface area contributed by atoms with Crippen LogP contribution in [0.3, 0.4) is 0 Å². The summed E-state index contributed by atoms with van der Waals surface area (Å²) in [7, 11) is 1.32. The Morgan fingerprint density at radius 3 is 3.04 bits per heavy atom. The van der Waals surface area contributed by atoms with Gasteiger partial charge < -0.3 is 9.64 Å². The van der Waals surface area contributed by atoms with Gasteiger partial charge >= 0.3 is 5.97 Å². The highest BCUT2D eigenvalue weighted by Gasteiger charge is 2.24. The molecule has 0 amide bonds. The molecular formula is C16H16ClN5O2. The first-order valence-electron chi connectivity index (χ1n) is 7.57. The number of benzene rings is 1. The minimum atomic E-state index is -0.493. The normalized spacial score (nSPS) is 17.4. The van der Waals surface area contributed by atoms with Gasteiger partial charge in [-0.15, -0.1) is 5.10 Å². The number of hydrogen-bond donors (Lipinski definition) is 0. The Balaban J connectivity index is 1.77. The maximum atomic E-state index is 11.5. The quantitative estimate of drug-likeness (QED) is 0.794. The maximum Gasteiger partial charge on any atom is 0.360 e. The number of nitriles is 1. The highest BCUT2D eigenvalue weighted by Crippen LogP contribution is 2.29. The zero-order valence-corrected chi connectivity index (χ0v) is 13.9. The standard InChI is InChI=1S/C16H16ClN5O2/c1-24-16(23)15-10-22(20-19-15)13-3-2-6-21(9-13)12-5-4-11(8-18)14(17)7-12/h4-5,7,10,13H,2-3,6,9H2,1H3. The van der Waals surface area contributed by atoms with Gasteiger partial charge in [0.15, 0.2) is 5.69 Å². The van der Waals surface area contributed by atoms with E-state index in [1.165, 1.54) is 7.11 Å². The van der Waals surface area contributed by atoms with Gasteiger partial charge in [-0.3, -0.25) is 0 Å². The highest BCUT2D eigenvalue weighted by atomic mass is 35.5. The van der Waals surface area contributed by atoms with Crippen molar-refractivity contribution in [1.29, 1.82) is 5.26 Å². The Labute approximate surface area is 144 Å². The molecule has 0 N–H and O–H groups in total. The molecule has 2 heterocycles. The second-order valence-corrected chi connectivity index (χ2v) is 6.00. The summed E-state index contributed by atoms with van der Waals surface area (Å²) in [5.41, 5.74) is 1.64. The number of hydrogen-bond acceptors (Lipinski definition) is 6. The molecule has 1 unspecified atom stereocenters. The Hall–Kier alpha value is -2.59. The molecule has 8 heteroatoms. The van der Waals surface area contributed by atoms with Gasteiger partial charge in [0.05, 0.1) is 29.9 Å². The fraction of sp³-hybridized carbons (Fsp3) is 0.375. The van der Waals surface area contributed by atoms with E-state index in [2.05, 4.69) is 26.0 Å². The van der Waals surface area contributed by atoms with Crippen molar-refractivity contribution in [3.63, 3.8) is 0 Å². The number of carbonyl (C=O) groups is 1.